The van der Waals surface area contributed by atoms with E-state index >= 15 is 0 Å². The van der Waals surface area contributed by atoms with Crippen LogP contribution in [-0.4, -0.2) is 16.7 Å². The minimum absolute atomic E-state index is 0.0550. The smallest absolute Gasteiger partial charge is 0.233 e. The number of rotatable bonds is 3. The molecule has 0 spiro atoms. The van der Waals surface area contributed by atoms with Crippen LogP contribution in [0.2, 0.25) is 5.02 Å². The fourth-order valence-electron chi connectivity index (χ4n) is 1.13. The maximum atomic E-state index is 6.03. The van der Waals surface area contributed by atoms with E-state index < -0.39 is 0 Å². The summed E-state index contributed by atoms with van der Waals surface area (Å²) in [6.07, 6.45) is 1.67. The molecule has 0 aliphatic carbocycles. The van der Waals surface area contributed by atoms with E-state index in [1.807, 2.05) is 34.6 Å². The summed E-state index contributed by atoms with van der Waals surface area (Å²) in [4.78, 5) is 4.12. The van der Waals surface area contributed by atoms with Gasteiger partial charge in [0, 0.05) is 6.07 Å². The maximum Gasteiger partial charge on any atom is 0.233 e. The van der Waals surface area contributed by atoms with E-state index in [1.54, 1.807) is 12.3 Å². The molecule has 0 unspecified atom stereocenters. The highest BCUT2D eigenvalue weighted by Gasteiger charge is 2.14. The van der Waals surface area contributed by atoms with Gasteiger partial charge in [-0.1, -0.05) is 11.6 Å². The van der Waals surface area contributed by atoms with E-state index in [-0.39, 0.29) is 11.7 Å². The summed E-state index contributed by atoms with van der Waals surface area (Å²) in [6.45, 7) is 9.77. The molecule has 1 aromatic rings. The molecule has 0 atom stereocenters. The molecule has 1 aromatic heterocycles. The molecule has 1 rings (SSSR count). The van der Waals surface area contributed by atoms with Crippen LogP contribution in [0.4, 0.5) is 0 Å². The lowest BCUT2D eigenvalue weighted by Crippen LogP contribution is -2.23. The predicted octanol–water partition coefficient (Wildman–Crippen LogP) is 3.70. The van der Waals surface area contributed by atoms with Crippen molar-refractivity contribution < 1.29 is 9.47 Å². The molecule has 90 valence electrons. The minimum Gasteiger partial charge on any atom is -0.486 e. The third-order valence-corrected chi connectivity index (χ3v) is 1.82. The third kappa shape index (κ3) is 4.27. The van der Waals surface area contributed by atoms with Crippen molar-refractivity contribution in [1.82, 2.24) is 4.98 Å². The number of aromatic nitrogens is 1. The first-order valence-corrected chi connectivity index (χ1v) is 5.67. The number of ether oxygens (including phenoxy) is 2. The fourth-order valence-corrected chi connectivity index (χ4v) is 1.33. The first-order valence-electron chi connectivity index (χ1n) is 5.29. The van der Waals surface area contributed by atoms with Crippen molar-refractivity contribution in [2.75, 3.05) is 0 Å². The lowest BCUT2D eigenvalue weighted by atomic mass is 10.2. The molecule has 16 heavy (non-hydrogen) atoms. The Labute approximate surface area is 102 Å². The van der Waals surface area contributed by atoms with E-state index in [0.717, 1.165) is 0 Å². The zero-order chi connectivity index (χ0) is 12.3. The third-order valence-electron chi connectivity index (χ3n) is 1.55. The van der Waals surface area contributed by atoms with Crippen molar-refractivity contribution in [3.05, 3.63) is 17.3 Å². The van der Waals surface area contributed by atoms with Crippen LogP contribution in [-0.2, 0) is 0 Å². The summed E-state index contributed by atoms with van der Waals surface area (Å²) >= 11 is 6.03. The summed E-state index contributed by atoms with van der Waals surface area (Å²) in [7, 11) is 0. The Morgan fingerprint density at radius 2 is 1.94 bits per heavy atom. The largest absolute Gasteiger partial charge is 0.486 e. The molecule has 3 nitrogen and oxygen atoms in total. The molecule has 0 aliphatic rings. The highest BCUT2D eigenvalue weighted by Crippen LogP contribution is 2.28. The minimum atomic E-state index is -0.259. The number of hydrogen-bond donors (Lipinski definition) is 0. The predicted molar refractivity (Wildman–Crippen MR) is 65.4 cm³/mol. The molecular formula is C12H18ClNO2. The van der Waals surface area contributed by atoms with Gasteiger partial charge in [0.05, 0.1) is 12.3 Å². The molecule has 0 aliphatic heterocycles. The van der Waals surface area contributed by atoms with Gasteiger partial charge in [-0.15, -0.1) is 0 Å². The van der Waals surface area contributed by atoms with Gasteiger partial charge in [0.1, 0.15) is 16.4 Å². The van der Waals surface area contributed by atoms with Crippen LogP contribution < -0.4 is 9.47 Å². The number of halogens is 1. The second kappa shape index (κ2) is 4.91. The molecule has 1 heterocycles. The first-order chi connectivity index (χ1) is 7.28. The van der Waals surface area contributed by atoms with Crippen LogP contribution in [0.15, 0.2) is 12.3 Å². The van der Waals surface area contributed by atoms with Crippen LogP contribution >= 0.6 is 11.6 Å². The molecule has 0 radical (unpaired) electrons. The summed E-state index contributed by atoms with van der Waals surface area (Å²) < 4.78 is 11.1. The van der Waals surface area contributed by atoms with Crippen LogP contribution in [0.1, 0.15) is 34.6 Å². The van der Waals surface area contributed by atoms with Crippen molar-refractivity contribution in [3.63, 3.8) is 0 Å². The zero-order valence-corrected chi connectivity index (χ0v) is 11.1. The van der Waals surface area contributed by atoms with Gasteiger partial charge < -0.3 is 9.47 Å². The molecule has 0 bridgehead atoms. The van der Waals surface area contributed by atoms with Crippen molar-refractivity contribution in [3.8, 4) is 11.6 Å². The summed E-state index contributed by atoms with van der Waals surface area (Å²) in [5.74, 6) is 1.09. The molecule has 0 N–H and O–H groups in total. The Hall–Kier alpha value is -0.960. The quantitative estimate of drug-likeness (QED) is 0.811. The van der Waals surface area contributed by atoms with Crippen molar-refractivity contribution in [1.29, 1.82) is 0 Å². The van der Waals surface area contributed by atoms with Gasteiger partial charge in [0.15, 0.2) is 0 Å². The van der Waals surface area contributed by atoms with Gasteiger partial charge in [0.2, 0.25) is 5.88 Å². The van der Waals surface area contributed by atoms with Crippen molar-refractivity contribution in [2.24, 2.45) is 0 Å². The van der Waals surface area contributed by atoms with Crippen LogP contribution in [0.5, 0.6) is 11.6 Å². The summed E-state index contributed by atoms with van der Waals surface area (Å²) in [5, 5.41) is 0.468. The lowest BCUT2D eigenvalue weighted by molar-refractivity contribution is 0.130. The lowest BCUT2D eigenvalue weighted by Gasteiger charge is -2.21. The number of pyridine rings is 1. The van der Waals surface area contributed by atoms with Crippen LogP contribution in [0.25, 0.3) is 0 Å². The maximum absolute atomic E-state index is 6.03. The second-order valence-electron chi connectivity index (χ2n) is 4.84. The van der Waals surface area contributed by atoms with Gasteiger partial charge in [0.25, 0.3) is 0 Å². The van der Waals surface area contributed by atoms with E-state index in [1.165, 1.54) is 0 Å². The van der Waals surface area contributed by atoms with Gasteiger partial charge in [-0.2, -0.15) is 0 Å². The SMILES string of the molecule is CC(C)Oc1ncc(OC(C)(C)C)cc1Cl. The number of hydrogen-bond acceptors (Lipinski definition) is 3. The Morgan fingerprint density at radius 3 is 2.38 bits per heavy atom. The van der Waals surface area contributed by atoms with E-state index in [0.29, 0.717) is 16.7 Å². The highest BCUT2D eigenvalue weighted by molar-refractivity contribution is 6.31. The Kier molecular flexibility index (Phi) is 4.03. The first kappa shape index (κ1) is 13.1. The van der Waals surface area contributed by atoms with Gasteiger partial charge in [-0.3, -0.25) is 0 Å². The molecule has 0 saturated heterocycles. The summed E-state index contributed by atoms with van der Waals surface area (Å²) in [5.41, 5.74) is -0.259. The highest BCUT2D eigenvalue weighted by atomic mass is 35.5. The van der Waals surface area contributed by atoms with E-state index in [9.17, 15) is 0 Å². The molecule has 0 aromatic carbocycles. The summed E-state index contributed by atoms with van der Waals surface area (Å²) in [6, 6.07) is 1.72. The molecule has 0 amide bonds. The number of nitrogens with zero attached hydrogens (tertiary/aromatic N) is 1. The van der Waals surface area contributed by atoms with E-state index in [2.05, 4.69) is 4.98 Å². The average molecular weight is 244 g/mol. The fraction of sp³-hybridized carbons (Fsp3) is 0.583. The van der Waals surface area contributed by atoms with Crippen LogP contribution in [0.3, 0.4) is 0 Å². The molecule has 0 fully saturated rings. The molecule has 4 heteroatoms. The topological polar surface area (TPSA) is 31.4 Å². The van der Waals surface area contributed by atoms with Crippen molar-refractivity contribution >= 4 is 11.6 Å². The van der Waals surface area contributed by atoms with Crippen LogP contribution in [0, 0.1) is 0 Å². The zero-order valence-electron chi connectivity index (χ0n) is 10.4. The van der Waals surface area contributed by atoms with E-state index in [4.69, 9.17) is 21.1 Å². The average Bonchev–Trinajstić information content (AvgIpc) is 2.06. The normalized spacial score (nSPS) is 11.7. The monoisotopic (exact) mass is 243 g/mol. The Balaban J connectivity index is 2.83. The Bertz CT molecular complexity index is 359. The molecule has 0 saturated carbocycles. The second-order valence-corrected chi connectivity index (χ2v) is 5.25. The Morgan fingerprint density at radius 1 is 1.31 bits per heavy atom. The van der Waals surface area contributed by atoms with Gasteiger partial charge in [-0.05, 0) is 34.6 Å². The van der Waals surface area contributed by atoms with Gasteiger partial charge >= 0.3 is 0 Å². The molecular weight excluding hydrogens is 226 g/mol. The van der Waals surface area contributed by atoms with Gasteiger partial charge in [-0.25, -0.2) is 4.98 Å². The van der Waals surface area contributed by atoms with Crippen molar-refractivity contribution in [2.45, 2.75) is 46.3 Å². The standard InChI is InChI=1S/C12H18ClNO2/c1-8(2)15-11-10(13)6-9(7-14-11)16-12(3,4)5/h6-8H,1-5H3.